The normalized spacial score (nSPS) is 11.3. The van der Waals surface area contributed by atoms with E-state index in [1.54, 1.807) is 13.4 Å². The van der Waals surface area contributed by atoms with Crippen LogP contribution in [0, 0.1) is 0 Å². The van der Waals surface area contributed by atoms with Gasteiger partial charge in [0.15, 0.2) is 0 Å². The molecular formula is C18H26N2O2. The molecule has 0 N–H and O–H groups in total. The lowest BCUT2D eigenvalue weighted by Crippen LogP contribution is -2.26. The maximum Gasteiger partial charge on any atom is 0.119 e. The van der Waals surface area contributed by atoms with E-state index >= 15 is 0 Å². The van der Waals surface area contributed by atoms with Gasteiger partial charge in [0, 0.05) is 13.1 Å². The van der Waals surface area contributed by atoms with Crippen LogP contribution in [-0.4, -0.2) is 44.1 Å². The molecule has 0 unspecified atom stereocenters. The summed E-state index contributed by atoms with van der Waals surface area (Å²) in [6.45, 7) is 3.85. The lowest BCUT2D eigenvalue weighted by Gasteiger charge is -2.22. The van der Waals surface area contributed by atoms with Crippen LogP contribution < -0.4 is 4.74 Å². The summed E-state index contributed by atoms with van der Waals surface area (Å²) in [5.74, 6) is 1.91. The Morgan fingerprint density at radius 1 is 1.05 bits per heavy atom. The van der Waals surface area contributed by atoms with E-state index < -0.39 is 0 Å². The molecule has 2 rings (SSSR count). The third kappa shape index (κ3) is 5.54. The van der Waals surface area contributed by atoms with Crippen molar-refractivity contribution in [1.29, 1.82) is 0 Å². The summed E-state index contributed by atoms with van der Waals surface area (Å²) in [4.78, 5) is 4.63. The molecule has 1 aromatic carbocycles. The maximum absolute atomic E-state index is 5.50. The van der Waals surface area contributed by atoms with Gasteiger partial charge < -0.3 is 14.1 Å². The van der Waals surface area contributed by atoms with Crippen molar-refractivity contribution >= 4 is 0 Å². The number of hydrogen-bond donors (Lipinski definition) is 0. The zero-order valence-electron chi connectivity index (χ0n) is 13.8. The first kappa shape index (κ1) is 16.6. The third-order valence-electron chi connectivity index (χ3n) is 3.58. The predicted octanol–water partition coefficient (Wildman–Crippen LogP) is 3.24. The van der Waals surface area contributed by atoms with Gasteiger partial charge in [0.1, 0.15) is 11.5 Å². The van der Waals surface area contributed by atoms with Gasteiger partial charge in [0.05, 0.1) is 19.9 Å². The van der Waals surface area contributed by atoms with Crippen LogP contribution in [0.2, 0.25) is 0 Å². The van der Waals surface area contributed by atoms with E-state index in [1.807, 2.05) is 24.3 Å². The van der Waals surface area contributed by atoms with Crippen molar-refractivity contribution in [2.45, 2.75) is 19.5 Å². The van der Waals surface area contributed by atoms with E-state index in [0.29, 0.717) is 0 Å². The minimum absolute atomic E-state index is 0.831. The standard InChI is InChI=1S/C18H26N2O2/c1-19(2)10-6-11-20(15-18-9-5-12-22-18)14-16-7-4-8-17(13-16)21-3/h4-5,7-9,12-13H,6,10-11,14-15H2,1-3H3. The van der Waals surface area contributed by atoms with Crippen LogP contribution in [0.25, 0.3) is 0 Å². The Bertz CT molecular complexity index is 538. The second kappa shape index (κ2) is 8.61. The average Bonchev–Trinajstić information content (AvgIpc) is 3.00. The first-order chi connectivity index (χ1) is 10.7. The highest BCUT2D eigenvalue weighted by Crippen LogP contribution is 2.16. The summed E-state index contributed by atoms with van der Waals surface area (Å²) in [5.41, 5.74) is 1.26. The molecule has 1 aromatic heterocycles. The van der Waals surface area contributed by atoms with Crippen molar-refractivity contribution in [1.82, 2.24) is 9.80 Å². The van der Waals surface area contributed by atoms with Crippen molar-refractivity contribution in [2.75, 3.05) is 34.3 Å². The molecule has 4 heteroatoms. The predicted molar refractivity (Wildman–Crippen MR) is 89.0 cm³/mol. The molecule has 0 amide bonds. The summed E-state index contributed by atoms with van der Waals surface area (Å²) in [7, 11) is 5.93. The first-order valence-electron chi connectivity index (χ1n) is 7.70. The quantitative estimate of drug-likeness (QED) is 0.711. The zero-order chi connectivity index (χ0) is 15.8. The Labute approximate surface area is 133 Å². The summed E-state index contributed by atoms with van der Waals surface area (Å²) >= 11 is 0. The second-order valence-electron chi connectivity index (χ2n) is 5.80. The van der Waals surface area contributed by atoms with Crippen LogP contribution in [0.1, 0.15) is 17.7 Å². The molecule has 0 fully saturated rings. The van der Waals surface area contributed by atoms with Crippen LogP contribution in [0.3, 0.4) is 0 Å². The number of rotatable bonds is 9. The highest BCUT2D eigenvalue weighted by molar-refractivity contribution is 5.28. The van der Waals surface area contributed by atoms with Crippen LogP contribution in [-0.2, 0) is 13.1 Å². The summed E-state index contributed by atoms with van der Waals surface area (Å²) < 4.78 is 10.8. The van der Waals surface area contributed by atoms with Gasteiger partial charge in [-0.2, -0.15) is 0 Å². The molecule has 120 valence electrons. The molecule has 4 nitrogen and oxygen atoms in total. The van der Waals surface area contributed by atoms with Gasteiger partial charge in [-0.3, -0.25) is 4.90 Å². The number of furan rings is 1. The molecule has 0 aliphatic rings. The molecule has 2 aromatic rings. The number of hydrogen-bond acceptors (Lipinski definition) is 4. The fourth-order valence-corrected chi connectivity index (χ4v) is 2.48. The second-order valence-corrected chi connectivity index (χ2v) is 5.80. The largest absolute Gasteiger partial charge is 0.497 e. The monoisotopic (exact) mass is 302 g/mol. The minimum atomic E-state index is 0.831. The van der Waals surface area contributed by atoms with Crippen molar-refractivity contribution in [3.8, 4) is 5.75 Å². The topological polar surface area (TPSA) is 28.9 Å². The van der Waals surface area contributed by atoms with Gasteiger partial charge in [-0.1, -0.05) is 12.1 Å². The molecule has 1 heterocycles. The summed E-state index contributed by atoms with van der Waals surface area (Å²) in [6, 6.07) is 12.2. The van der Waals surface area contributed by atoms with Crippen molar-refractivity contribution < 1.29 is 9.15 Å². The van der Waals surface area contributed by atoms with E-state index in [-0.39, 0.29) is 0 Å². The molecule has 0 aliphatic carbocycles. The Balaban J connectivity index is 1.98. The molecule has 0 saturated heterocycles. The highest BCUT2D eigenvalue weighted by Gasteiger charge is 2.09. The zero-order valence-corrected chi connectivity index (χ0v) is 13.8. The lowest BCUT2D eigenvalue weighted by atomic mass is 10.2. The SMILES string of the molecule is COc1cccc(CN(CCCN(C)C)Cc2ccco2)c1. The smallest absolute Gasteiger partial charge is 0.119 e. The number of methoxy groups -OCH3 is 1. The third-order valence-corrected chi connectivity index (χ3v) is 3.58. The van der Waals surface area contributed by atoms with Gasteiger partial charge in [-0.05, 0) is 56.9 Å². The van der Waals surface area contributed by atoms with Crippen molar-refractivity contribution in [3.05, 3.63) is 54.0 Å². The van der Waals surface area contributed by atoms with Gasteiger partial charge in [0.25, 0.3) is 0 Å². The highest BCUT2D eigenvalue weighted by atomic mass is 16.5. The van der Waals surface area contributed by atoms with E-state index in [9.17, 15) is 0 Å². The van der Waals surface area contributed by atoms with Crippen molar-refractivity contribution in [2.24, 2.45) is 0 Å². The molecule has 0 aliphatic heterocycles. The molecule has 0 radical (unpaired) electrons. The average molecular weight is 302 g/mol. The van der Waals surface area contributed by atoms with E-state index in [1.165, 1.54) is 5.56 Å². The van der Waals surface area contributed by atoms with Crippen LogP contribution in [0.15, 0.2) is 47.1 Å². The Kier molecular flexibility index (Phi) is 6.49. The Hall–Kier alpha value is -1.78. The van der Waals surface area contributed by atoms with Crippen molar-refractivity contribution in [3.63, 3.8) is 0 Å². The van der Waals surface area contributed by atoms with E-state index in [0.717, 1.165) is 44.1 Å². The van der Waals surface area contributed by atoms with E-state index in [2.05, 4.69) is 36.0 Å². The molecule has 22 heavy (non-hydrogen) atoms. The van der Waals surface area contributed by atoms with Crippen LogP contribution in [0.5, 0.6) is 5.75 Å². The molecule has 0 atom stereocenters. The number of ether oxygens (including phenoxy) is 1. The first-order valence-corrected chi connectivity index (χ1v) is 7.70. The van der Waals surface area contributed by atoms with Crippen LogP contribution >= 0.6 is 0 Å². The lowest BCUT2D eigenvalue weighted by molar-refractivity contribution is 0.222. The number of benzene rings is 1. The molecular weight excluding hydrogens is 276 g/mol. The van der Waals surface area contributed by atoms with Crippen LogP contribution in [0.4, 0.5) is 0 Å². The fraction of sp³-hybridized carbons (Fsp3) is 0.444. The molecule has 0 spiro atoms. The minimum Gasteiger partial charge on any atom is -0.497 e. The van der Waals surface area contributed by atoms with Gasteiger partial charge >= 0.3 is 0 Å². The van der Waals surface area contributed by atoms with E-state index in [4.69, 9.17) is 9.15 Å². The van der Waals surface area contributed by atoms with Gasteiger partial charge in [-0.25, -0.2) is 0 Å². The Morgan fingerprint density at radius 2 is 1.91 bits per heavy atom. The molecule has 0 saturated carbocycles. The van der Waals surface area contributed by atoms with Gasteiger partial charge in [0.2, 0.25) is 0 Å². The Morgan fingerprint density at radius 3 is 2.59 bits per heavy atom. The summed E-state index contributed by atoms with van der Waals surface area (Å²) in [5, 5.41) is 0. The summed E-state index contributed by atoms with van der Waals surface area (Å²) in [6.07, 6.45) is 2.87. The fourth-order valence-electron chi connectivity index (χ4n) is 2.48. The van der Waals surface area contributed by atoms with Gasteiger partial charge in [-0.15, -0.1) is 0 Å². The molecule has 0 bridgehead atoms. The number of nitrogens with zero attached hydrogens (tertiary/aromatic N) is 2. The maximum atomic E-state index is 5.50.